The molecule has 19 heavy (non-hydrogen) atoms. The summed E-state index contributed by atoms with van der Waals surface area (Å²) in [5, 5.41) is 0. The molecule has 1 aromatic rings. The number of methoxy groups -OCH3 is 1. The van der Waals surface area contributed by atoms with Crippen LogP contribution in [0.4, 0.5) is 0 Å². The highest BCUT2D eigenvalue weighted by Gasteiger charge is 2.24. The predicted molar refractivity (Wildman–Crippen MR) is 85.4 cm³/mol. The fourth-order valence-electron chi connectivity index (χ4n) is 2.09. The second-order valence-electron chi connectivity index (χ2n) is 4.89. The van der Waals surface area contributed by atoms with Crippen LogP contribution in [0.2, 0.25) is 0 Å². The number of ether oxygens (including phenoxy) is 1. The lowest BCUT2D eigenvalue weighted by molar-refractivity contribution is 0.180. The van der Waals surface area contributed by atoms with Crippen LogP contribution < -0.4 is 4.74 Å². The van der Waals surface area contributed by atoms with E-state index in [1.54, 1.807) is 18.9 Å². The van der Waals surface area contributed by atoms with Crippen molar-refractivity contribution in [2.45, 2.75) is 26.4 Å². The third kappa shape index (κ3) is 3.61. The summed E-state index contributed by atoms with van der Waals surface area (Å²) in [5.74, 6) is 1.90. The van der Waals surface area contributed by atoms with Crippen LogP contribution in [0, 0.1) is 0 Å². The maximum Gasteiger partial charge on any atom is 0.138 e. The van der Waals surface area contributed by atoms with Gasteiger partial charge in [0.05, 0.1) is 19.7 Å². The van der Waals surface area contributed by atoms with E-state index in [2.05, 4.69) is 35.8 Å². The summed E-state index contributed by atoms with van der Waals surface area (Å²) in [7, 11) is 1.72. The van der Waals surface area contributed by atoms with Gasteiger partial charge in [0.15, 0.2) is 0 Å². The summed E-state index contributed by atoms with van der Waals surface area (Å²) in [4.78, 5) is 4.65. The minimum atomic E-state index is 0.445. The van der Waals surface area contributed by atoms with Crippen LogP contribution in [-0.2, 0) is 6.54 Å². The summed E-state index contributed by atoms with van der Waals surface area (Å²) < 4.78 is 6.42. The van der Waals surface area contributed by atoms with E-state index in [0.29, 0.717) is 6.04 Å². The molecular formula is C14H20N2OS2. The van der Waals surface area contributed by atoms with Crippen molar-refractivity contribution >= 4 is 28.3 Å². The lowest BCUT2D eigenvalue weighted by atomic mass is 10.2. The number of benzene rings is 1. The lowest BCUT2D eigenvalue weighted by Gasteiger charge is -2.39. The highest BCUT2D eigenvalue weighted by molar-refractivity contribution is 8.22. The fourth-order valence-corrected chi connectivity index (χ4v) is 3.41. The smallest absolute Gasteiger partial charge is 0.138 e. The second-order valence-corrected chi connectivity index (χ2v) is 6.46. The molecule has 1 saturated heterocycles. The van der Waals surface area contributed by atoms with Crippen molar-refractivity contribution in [1.29, 1.82) is 0 Å². The molecule has 0 unspecified atom stereocenters. The molecule has 0 amide bonds. The van der Waals surface area contributed by atoms with E-state index in [4.69, 9.17) is 17.0 Å². The summed E-state index contributed by atoms with van der Waals surface area (Å²) in [6.45, 7) is 6.14. The van der Waals surface area contributed by atoms with Crippen LogP contribution in [0.15, 0.2) is 24.3 Å². The summed E-state index contributed by atoms with van der Waals surface area (Å²) >= 11 is 7.14. The van der Waals surface area contributed by atoms with Crippen LogP contribution >= 0.6 is 24.0 Å². The predicted octanol–water partition coefficient (Wildman–Crippen LogP) is 3.15. The zero-order chi connectivity index (χ0) is 13.8. The average molecular weight is 296 g/mol. The molecule has 5 heteroatoms. The van der Waals surface area contributed by atoms with Gasteiger partial charge in [-0.3, -0.25) is 4.90 Å². The molecule has 1 aliphatic heterocycles. The van der Waals surface area contributed by atoms with Crippen LogP contribution in [0.5, 0.6) is 5.75 Å². The Balaban J connectivity index is 2.05. The van der Waals surface area contributed by atoms with Crippen LogP contribution in [-0.4, -0.2) is 39.8 Å². The molecule has 0 radical (unpaired) electrons. The maximum atomic E-state index is 5.41. The van der Waals surface area contributed by atoms with Crippen LogP contribution in [0.3, 0.4) is 0 Å². The first-order valence-electron chi connectivity index (χ1n) is 6.39. The van der Waals surface area contributed by atoms with Gasteiger partial charge in [-0.05, 0) is 19.9 Å². The Hall–Kier alpha value is -0.780. The number of nitrogens with zero attached hydrogens (tertiary/aromatic N) is 2. The third-order valence-electron chi connectivity index (χ3n) is 3.17. The number of rotatable bonds is 4. The van der Waals surface area contributed by atoms with Gasteiger partial charge in [0.2, 0.25) is 0 Å². The van der Waals surface area contributed by atoms with Gasteiger partial charge in [0, 0.05) is 18.2 Å². The number of hydrogen-bond acceptors (Lipinski definition) is 4. The molecular weight excluding hydrogens is 276 g/mol. The molecule has 2 rings (SSSR count). The van der Waals surface area contributed by atoms with Crippen molar-refractivity contribution in [3.8, 4) is 5.75 Å². The van der Waals surface area contributed by atoms with Gasteiger partial charge in [-0.1, -0.05) is 42.2 Å². The molecule has 1 aliphatic rings. The molecule has 0 spiro atoms. The summed E-state index contributed by atoms with van der Waals surface area (Å²) in [6, 6.07) is 8.64. The van der Waals surface area contributed by atoms with Crippen LogP contribution in [0.1, 0.15) is 19.4 Å². The first-order chi connectivity index (χ1) is 9.11. The first kappa shape index (κ1) is 14.6. The normalized spacial score (nSPS) is 17.1. The molecule has 0 N–H and O–H groups in total. The Labute approximate surface area is 124 Å². The Bertz CT molecular complexity index is 451. The molecule has 0 aromatic heterocycles. The zero-order valence-corrected chi connectivity index (χ0v) is 13.3. The number of hydrogen-bond donors (Lipinski definition) is 0. The van der Waals surface area contributed by atoms with Gasteiger partial charge in [-0.2, -0.15) is 0 Å². The van der Waals surface area contributed by atoms with Gasteiger partial charge >= 0.3 is 0 Å². The molecule has 1 heterocycles. The third-order valence-corrected chi connectivity index (χ3v) is 4.73. The van der Waals surface area contributed by atoms with Gasteiger partial charge in [0.1, 0.15) is 10.1 Å². The van der Waals surface area contributed by atoms with Crippen molar-refractivity contribution < 1.29 is 4.74 Å². The van der Waals surface area contributed by atoms with Gasteiger partial charge in [-0.25, -0.2) is 0 Å². The largest absolute Gasteiger partial charge is 0.496 e. The number of thioether (sulfide) groups is 1. The standard InChI is InChI=1S/C14H20N2OS2/c1-11(2)16-9-15(10-19-14(16)18)8-12-6-4-5-7-13(12)17-3/h4-7,11H,8-10H2,1-3H3. The molecule has 3 nitrogen and oxygen atoms in total. The SMILES string of the molecule is COc1ccccc1CN1CSC(=S)N(C(C)C)C1. The number of para-hydroxylation sites is 1. The molecule has 0 atom stereocenters. The Morgan fingerprint density at radius 3 is 2.79 bits per heavy atom. The molecule has 0 bridgehead atoms. The Morgan fingerprint density at radius 1 is 1.37 bits per heavy atom. The highest BCUT2D eigenvalue weighted by atomic mass is 32.2. The molecule has 1 fully saturated rings. The van der Waals surface area contributed by atoms with Crippen molar-refractivity contribution in [1.82, 2.24) is 9.80 Å². The van der Waals surface area contributed by atoms with E-state index >= 15 is 0 Å². The molecule has 0 saturated carbocycles. The van der Waals surface area contributed by atoms with Gasteiger partial charge in [0.25, 0.3) is 0 Å². The molecule has 104 valence electrons. The van der Waals surface area contributed by atoms with Crippen LogP contribution in [0.25, 0.3) is 0 Å². The number of thiocarbonyl (C=S) groups is 1. The van der Waals surface area contributed by atoms with Crippen molar-refractivity contribution in [2.24, 2.45) is 0 Å². The summed E-state index contributed by atoms with van der Waals surface area (Å²) in [6.07, 6.45) is 0. The van der Waals surface area contributed by atoms with Gasteiger partial charge < -0.3 is 9.64 Å². The highest BCUT2D eigenvalue weighted by Crippen LogP contribution is 2.25. The monoisotopic (exact) mass is 296 g/mol. The zero-order valence-electron chi connectivity index (χ0n) is 11.6. The minimum absolute atomic E-state index is 0.445. The maximum absolute atomic E-state index is 5.41. The molecule has 0 aliphatic carbocycles. The average Bonchev–Trinajstić information content (AvgIpc) is 2.41. The van der Waals surface area contributed by atoms with E-state index in [1.807, 2.05) is 12.1 Å². The van der Waals surface area contributed by atoms with E-state index in [0.717, 1.165) is 29.2 Å². The quantitative estimate of drug-likeness (QED) is 0.791. The summed E-state index contributed by atoms with van der Waals surface area (Å²) in [5.41, 5.74) is 1.22. The van der Waals surface area contributed by atoms with Crippen molar-refractivity contribution in [2.75, 3.05) is 19.7 Å². The van der Waals surface area contributed by atoms with E-state index in [1.165, 1.54) is 5.56 Å². The van der Waals surface area contributed by atoms with E-state index in [-0.39, 0.29) is 0 Å². The fraction of sp³-hybridized carbons (Fsp3) is 0.500. The topological polar surface area (TPSA) is 15.7 Å². The van der Waals surface area contributed by atoms with E-state index < -0.39 is 0 Å². The van der Waals surface area contributed by atoms with Crippen molar-refractivity contribution in [3.63, 3.8) is 0 Å². The second kappa shape index (κ2) is 6.59. The van der Waals surface area contributed by atoms with Gasteiger partial charge in [-0.15, -0.1) is 0 Å². The minimum Gasteiger partial charge on any atom is -0.496 e. The van der Waals surface area contributed by atoms with E-state index in [9.17, 15) is 0 Å². The first-order valence-corrected chi connectivity index (χ1v) is 7.79. The van der Waals surface area contributed by atoms with Crippen molar-refractivity contribution in [3.05, 3.63) is 29.8 Å². The molecule has 1 aromatic carbocycles. The Kier molecular flexibility index (Phi) is 5.07. The Morgan fingerprint density at radius 2 is 2.11 bits per heavy atom. The lowest BCUT2D eigenvalue weighted by Crippen LogP contribution is -2.47.